The number of nitrogens with one attached hydrogen (secondary N) is 1. The zero-order valence-electron chi connectivity index (χ0n) is 11.8. The van der Waals surface area contributed by atoms with Gasteiger partial charge in [0.05, 0.1) is 5.69 Å². The number of hydrogen-bond acceptors (Lipinski definition) is 4. The molecule has 0 radical (unpaired) electrons. The molecule has 3 rings (SSSR count). The Hall–Kier alpha value is -1.94. The molecule has 1 fully saturated rings. The quantitative estimate of drug-likeness (QED) is 0.907. The van der Waals surface area contributed by atoms with Crippen LogP contribution < -0.4 is 10.2 Å². The first-order chi connectivity index (χ1) is 9.83. The average Bonchev–Trinajstić information content (AvgIpc) is 2.77. The number of aromatic nitrogens is 2. The summed E-state index contributed by atoms with van der Waals surface area (Å²) < 4.78 is 0. The Morgan fingerprint density at radius 2 is 1.90 bits per heavy atom. The van der Waals surface area contributed by atoms with E-state index in [1.54, 1.807) is 0 Å². The van der Waals surface area contributed by atoms with E-state index in [-0.39, 0.29) is 0 Å². The zero-order chi connectivity index (χ0) is 13.8. The second-order valence-corrected chi connectivity index (χ2v) is 5.20. The third-order valence-electron chi connectivity index (χ3n) is 3.61. The molecule has 0 bridgehead atoms. The molecular formula is C16H20N4. The summed E-state index contributed by atoms with van der Waals surface area (Å²) in [5.41, 5.74) is 3.40. The van der Waals surface area contributed by atoms with Crippen molar-refractivity contribution in [2.45, 2.75) is 13.3 Å². The molecule has 0 unspecified atom stereocenters. The van der Waals surface area contributed by atoms with Crippen LogP contribution in [0, 0.1) is 6.92 Å². The molecule has 104 valence electrons. The third kappa shape index (κ3) is 2.96. The first kappa shape index (κ1) is 13.1. The van der Waals surface area contributed by atoms with Crippen LogP contribution in [0.4, 0.5) is 5.95 Å². The lowest BCUT2D eigenvalue weighted by Crippen LogP contribution is -2.29. The number of benzene rings is 1. The molecule has 0 atom stereocenters. The van der Waals surface area contributed by atoms with Gasteiger partial charge in [-0.3, -0.25) is 0 Å². The van der Waals surface area contributed by atoms with E-state index < -0.39 is 0 Å². The van der Waals surface area contributed by atoms with Crippen LogP contribution in [-0.4, -0.2) is 36.1 Å². The van der Waals surface area contributed by atoms with Gasteiger partial charge in [0.25, 0.3) is 0 Å². The summed E-state index contributed by atoms with van der Waals surface area (Å²) in [6.45, 7) is 6.16. The molecule has 4 heteroatoms. The van der Waals surface area contributed by atoms with E-state index in [0.717, 1.165) is 49.8 Å². The molecule has 20 heavy (non-hydrogen) atoms. The maximum absolute atomic E-state index is 4.73. The summed E-state index contributed by atoms with van der Waals surface area (Å²) in [5.74, 6) is 0.840. The molecule has 1 N–H and O–H groups in total. The van der Waals surface area contributed by atoms with Crippen LogP contribution in [0.3, 0.4) is 0 Å². The van der Waals surface area contributed by atoms with Crippen LogP contribution in [0.15, 0.2) is 36.5 Å². The molecule has 1 aromatic heterocycles. The monoisotopic (exact) mass is 268 g/mol. The summed E-state index contributed by atoms with van der Waals surface area (Å²) >= 11 is 0. The molecule has 1 aliphatic rings. The SMILES string of the molecule is Cc1ccc(-c2ccnc(N3CCCNCC3)n2)cc1. The highest BCUT2D eigenvalue weighted by Crippen LogP contribution is 2.19. The Morgan fingerprint density at radius 1 is 1.05 bits per heavy atom. The minimum atomic E-state index is 0.840. The zero-order valence-corrected chi connectivity index (χ0v) is 11.8. The van der Waals surface area contributed by atoms with Gasteiger partial charge < -0.3 is 10.2 Å². The van der Waals surface area contributed by atoms with Crippen molar-refractivity contribution in [1.29, 1.82) is 0 Å². The number of anilines is 1. The van der Waals surface area contributed by atoms with Crippen LogP contribution in [0.1, 0.15) is 12.0 Å². The molecule has 0 amide bonds. The molecule has 0 aliphatic carbocycles. The van der Waals surface area contributed by atoms with Crippen molar-refractivity contribution in [2.75, 3.05) is 31.1 Å². The average molecular weight is 268 g/mol. The second kappa shape index (κ2) is 6.01. The van der Waals surface area contributed by atoms with E-state index in [1.165, 1.54) is 5.56 Å². The predicted octanol–water partition coefficient (Wildman–Crippen LogP) is 2.25. The fraction of sp³-hybridized carbons (Fsp3) is 0.375. The molecule has 2 heterocycles. The smallest absolute Gasteiger partial charge is 0.225 e. The lowest BCUT2D eigenvalue weighted by Gasteiger charge is -2.20. The topological polar surface area (TPSA) is 41.1 Å². The third-order valence-corrected chi connectivity index (χ3v) is 3.61. The second-order valence-electron chi connectivity index (χ2n) is 5.20. The maximum Gasteiger partial charge on any atom is 0.225 e. The summed E-state index contributed by atoms with van der Waals surface area (Å²) in [6, 6.07) is 10.4. The Balaban J connectivity index is 1.86. The largest absolute Gasteiger partial charge is 0.339 e. The van der Waals surface area contributed by atoms with E-state index in [4.69, 9.17) is 4.98 Å². The van der Waals surface area contributed by atoms with Crippen LogP contribution >= 0.6 is 0 Å². The van der Waals surface area contributed by atoms with Crippen molar-refractivity contribution < 1.29 is 0 Å². The van der Waals surface area contributed by atoms with Crippen molar-refractivity contribution >= 4 is 5.95 Å². The van der Waals surface area contributed by atoms with Gasteiger partial charge in [-0.2, -0.15) is 0 Å². The Kier molecular flexibility index (Phi) is 3.92. The van der Waals surface area contributed by atoms with E-state index in [1.807, 2.05) is 12.3 Å². The highest BCUT2D eigenvalue weighted by atomic mass is 15.3. The molecule has 0 saturated carbocycles. The summed E-state index contributed by atoms with van der Waals surface area (Å²) in [6.07, 6.45) is 2.99. The predicted molar refractivity (Wildman–Crippen MR) is 81.9 cm³/mol. The Morgan fingerprint density at radius 3 is 2.75 bits per heavy atom. The fourth-order valence-electron chi connectivity index (χ4n) is 2.43. The van der Waals surface area contributed by atoms with Gasteiger partial charge in [0.15, 0.2) is 0 Å². The van der Waals surface area contributed by atoms with E-state index in [0.29, 0.717) is 0 Å². The molecular weight excluding hydrogens is 248 g/mol. The van der Waals surface area contributed by atoms with Gasteiger partial charge in [0.2, 0.25) is 5.95 Å². The first-order valence-corrected chi connectivity index (χ1v) is 7.19. The minimum Gasteiger partial charge on any atom is -0.339 e. The number of hydrogen-bond donors (Lipinski definition) is 1. The van der Waals surface area contributed by atoms with Crippen LogP contribution in [0.5, 0.6) is 0 Å². The van der Waals surface area contributed by atoms with E-state index >= 15 is 0 Å². The lowest BCUT2D eigenvalue weighted by molar-refractivity contribution is 0.724. The van der Waals surface area contributed by atoms with Crippen LogP contribution in [-0.2, 0) is 0 Å². The lowest BCUT2D eigenvalue weighted by atomic mass is 10.1. The van der Waals surface area contributed by atoms with Crippen LogP contribution in [0.2, 0.25) is 0 Å². The normalized spacial score (nSPS) is 15.9. The number of aryl methyl sites for hydroxylation is 1. The van der Waals surface area contributed by atoms with Crippen molar-refractivity contribution in [2.24, 2.45) is 0 Å². The molecule has 4 nitrogen and oxygen atoms in total. The number of nitrogens with zero attached hydrogens (tertiary/aromatic N) is 3. The molecule has 1 aliphatic heterocycles. The molecule has 1 saturated heterocycles. The summed E-state index contributed by atoms with van der Waals surface area (Å²) in [5, 5.41) is 3.40. The number of rotatable bonds is 2. The van der Waals surface area contributed by atoms with Gasteiger partial charge in [-0.05, 0) is 26.0 Å². The van der Waals surface area contributed by atoms with Gasteiger partial charge in [-0.15, -0.1) is 0 Å². The fourth-order valence-corrected chi connectivity index (χ4v) is 2.43. The van der Waals surface area contributed by atoms with E-state index in [9.17, 15) is 0 Å². The molecule has 2 aromatic rings. The van der Waals surface area contributed by atoms with E-state index in [2.05, 4.69) is 46.4 Å². The molecule has 0 spiro atoms. The van der Waals surface area contributed by atoms with Gasteiger partial charge in [0, 0.05) is 31.4 Å². The Labute approximate surface area is 119 Å². The summed E-state index contributed by atoms with van der Waals surface area (Å²) in [4.78, 5) is 11.4. The standard InChI is InChI=1S/C16H20N4/c1-13-3-5-14(6-4-13)15-7-9-18-16(19-15)20-11-2-8-17-10-12-20/h3-7,9,17H,2,8,10-12H2,1H3. The van der Waals surface area contributed by atoms with Gasteiger partial charge >= 0.3 is 0 Å². The van der Waals surface area contributed by atoms with Crippen molar-refractivity contribution in [3.05, 3.63) is 42.1 Å². The van der Waals surface area contributed by atoms with Crippen molar-refractivity contribution in [3.63, 3.8) is 0 Å². The highest BCUT2D eigenvalue weighted by molar-refractivity contribution is 5.60. The van der Waals surface area contributed by atoms with Crippen molar-refractivity contribution in [3.8, 4) is 11.3 Å². The van der Waals surface area contributed by atoms with Gasteiger partial charge in [-0.25, -0.2) is 9.97 Å². The summed E-state index contributed by atoms with van der Waals surface area (Å²) in [7, 11) is 0. The Bertz CT molecular complexity index is 557. The van der Waals surface area contributed by atoms with Gasteiger partial charge in [0.1, 0.15) is 0 Å². The molecule has 1 aromatic carbocycles. The first-order valence-electron chi connectivity index (χ1n) is 7.19. The highest BCUT2D eigenvalue weighted by Gasteiger charge is 2.12. The van der Waals surface area contributed by atoms with Crippen LogP contribution in [0.25, 0.3) is 11.3 Å². The van der Waals surface area contributed by atoms with Gasteiger partial charge in [-0.1, -0.05) is 29.8 Å². The minimum absolute atomic E-state index is 0.840. The maximum atomic E-state index is 4.73. The van der Waals surface area contributed by atoms with Crippen molar-refractivity contribution in [1.82, 2.24) is 15.3 Å².